The monoisotopic (exact) mass is 238 g/mol. The van der Waals surface area contributed by atoms with Gasteiger partial charge in [0.25, 0.3) is 0 Å². The molecule has 2 aromatic rings. The van der Waals surface area contributed by atoms with Gasteiger partial charge in [0.15, 0.2) is 5.78 Å². The van der Waals surface area contributed by atoms with E-state index in [0.29, 0.717) is 12.0 Å². The first-order chi connectivity index (χ1) is 8.75. The summed E-state index contributed by atoms with van der Waals surface area (Å²) in [6.07, 6.45) is 7.95. The molecule has 0 bridgehead atoms. The van der Waals surface area contributed by atoms with E-state index in [1.807, 2.05) is 36.4 Å². The molecule has 1 aliphatic carbocycles. The molecule has 0 saturated heterocycles. The predicted octanol–water partition coefficient (Wildman–Crippen LogP) is 2.32. The Morgan fingerprint density at radius 3 is 2.83 bits per heavy atom. The number of hydrogen-bond donors (Lipinski definition) is 1. The van der Waals surface area contributed by atoms with Crippen LogP contribution < -0.4 is 5.73 Å². The Balaban J connectivity index is 2.04. The maximum atomic E-state index is 12.5. The topological polar surface area (TPSA) is 56.0 Å². The van der Waals surface area contributed by atoms with Crippen molar-refractivity contribution in [3.8, 4) is 0 Å². The van der Waals surface area contributed by atoms with Gasteiger partial charge in [-0.2, -0.15) is 0 Å². The number of allylic oxidation sites excluding steroid dienone is 1. The molecule has 1 aromatic heterocycles. The maximum Gasteiger partial charge on any atom is 0.171 e. The second-order valence-corrected chi connectivity index (χ2v) is 4.66. The van der Waals surface area contributed by atoms with Gasteiger partial charge in [0.05, 0.1) is 0 Å². The predicted molar refractivity (Wildman–Crippen MR) is 71.3 cm³/mol. The molecular weight excluding hydrogens is 224 g/mol. The van der Waals surface area contributed by atoms with Crippen molar-refractivity contribution in [3.05, 3.63) is 54.4 Å². The maximum absolute atomic E-state index is 12.5. The highest BCUT2D eigenvalue weighted by atomic mass is 16.1. The first-order valence-corrected chi connectivity index (χ1v) is 6.06. The van der Waals surface area contributed by atoms with Crippen LogP contribution in [0.5, 0.6) is 0 Å². The van der Waals surface area contributed by atoms with Crippen LogP contribution in [0.15, 0.2) is 48.8 Å². The van der Waals surface area contributed by atoms with Crippen LogP contribution in [0.1, 0.15) is 16.8 Å². The zero-order valence-electron chi connectivity index (χ0n) is 9.91. The third kappa shape index (κ3) is 1.83. The van der Waals surface area contributed by atoms with Crippen molar-refractivity contribution in [1.82, 2.24) is 4.98 Å². The fraction of sp³-hybridized carbons (Fsp3) is 0.200. The van der Waals surface area contributed by atoms with E-state index >= 15 is 0 Å². The molecule has 0 saturated carbocycles. The van der Waals surface area contributed by atoms with E-state index in [-0.39, 0.29) is 17.7 Å². The molecule has 2 atom stereocenters. The van der Waals surface area contributed by atoms with Crippen LogP contribution in [0, 0.1) is 5.92 Å². The average Bonchev–Trinajstić information content (AvgIpc) is 2.84. The molecule has 3 heteroatoms. The van der Waals surface area contributed by atoms with Gasteiger partial charge < -0.3 is 5.73 Å². The Kier molecular flexibility index (Phi) is 2.68. The van der Waals surface area contributed by atoms with Crippen molar-refractivity contribution in [1.29, 1.82) is 0 Å². The lowest BCUT2D eigenvalue weighted by Gasteiger charge is -2.10. The highest BCUT2D eigenvalue weighted by Gasteiger charge is 2.25. The van der Waals surface area contributed by atoms with E-state index < -0.39 is 0 Å². The molecule has 2 unspecified atom stereocenters. The van der Waals surface area contributed by atoms with Gasteiger partial charge >= 0.3 is 0 Å². The standard InChI is InChI=1S/C15H14N2O/c16-12-6-5-10(7-12)15(18)14-9-17-8-11-3-1-2-4-13(11)14/h1-6,8-10,12H,7,16H2. The third-order valence-corrected chi connectivity index (χ3v) is 3.39. The summed E-state index contributed by atoms with van der Waals surface area (Å²) in [4.78, 5) is 16.6. The number of hydrogen-bond acceptors (Lipinski definition) is 3. The van der Waals surface area contributed by atoms with Crippen molar-refractivity contribution in [2.24, 2.45) is 11.7 Å². The number of pyridine rings is 1. The molecule has 1 heterocycles. The van der Waals surface area contributed by atoms with Crippen molar-refractivity contribution < 1.29 is 4.79 Å². The van der Waals surface area contributed by atoms with Crippen LogP contribution in [0.4, 0.5) is 0 Å². The number of Topliss-reactive ketones (excluding diaryl/α,β-unsaturated/α-hetero) is 1. The van der Waals surface area contributed by atoms with Crippen LogP contribution in [-0.2, 0) is 0 Å². The summed E-state index contributed by atoms with van der Waals surface area (Å²) < 4.78 is 0. The molecule has 3 rings (SSSR count). The fourth-order valence-corrected chi connectivity index (χ4v) is 2.43. The Labute approximate surface area is 105 Å². The van der Waals surface area contributed by atoms with E-state index in [1.165, 1.54) is 0 Å². The van der Waals surface area contributed by atoms with Gasteiger partial charge in [0, 0.05) is 35.3 Å². The highest BCUT2D eigenvalue weighted by molar-refractivity contribution is 6.09. The minimum atomic E-state index is -0.104. The molecule has 0 fully saturated rings. The van der Waals surface area contributed by atoms with Gasteiger partial charge in [-0.3, -0.25) is 9.78 Å². The molecule has 2 N–H and O–H groups in total. The lowest BCUT2D eigenvalue weighted by atomic mass is 9.94. The summed E-state index contributed by atoms with van der Waals surface area (Å²) in [6.45, 7) is 0. The second-order valence-electron chi connectivity index (χ2n) is 4.66. The summed E-state index contributed by atoms with van der Waals surface area (Å²) in [7, 11) is 0. The Hall–Kier alpha value is -2.00. The van der Waals surface area contributed by atoms with Gasteiger partial charge in [-0.25, -0.2) is 0 Å². The number of nitrogens with two attached hydrogens (primary N) is 1. The summed E-state index contributed by atoms with van der Waals surface area (Å²) in [5, 5.41) is 1.96. The lowest BCUT2D eigenvalue weighted by molar-refractivity contribution is 0.0944. The van der Waals surface area contributed by atoms with Crippen LogP contribution in [0.3, 0.4) is 0 Å². The van der Waals surface area contributed by atoms with Gasteiger partial charge in [0.2, 0.25) is 0 Å². The van der Waals surface area contributed by atoms with Crippen molar-refractivity contribution in [3.63, 3.8) is 0 Å². The SMILES string of the molecule is NC1C=CC(C(=O)c2cncc3ccccc23)C1. The van der Waals surface area contributed by atoms with Crippen molar-refractivity contribution in [2.75, 3.05) is 0 Å². The van der Waals surface area contributed by atoms with E-state index in [4.69, 9.17) is 5.73 Å². The fourth-order valence-electron chi connectivity index (χ4n) is 2.43. The smallest absolute Gasteiger partial charge is 0.171 e. The molecule has 18 heavy (non-hydrogen) atoms. The van der Waals surface area contributed by atoms with Crippen LogP contribution >= 0.6 is 0 Å². The zero-order chi connectivity index (χ0) is 12.5. The first-order valence-electron chi connectivity index (χ1n) is 6.06. The molecule has 1 aromatic carbocycles. The molecule has 0 spiro atoms. The summed E-state index contributed by atoms with van der Waals surface area (Å²) in [6, 6.07) is 7.82. The molecular formula is C15H14N2O. The average molecular weight is 238 g/mol. The minimum Gasteiger partial charge on any atom is -0.324 e. The number of carbonyl (C=O) groups is 1. The van der Waals surface area contributed by atoms with Crippen molar-refractivity contribution >= 4 is 16.6 Å². The van der Waals surface area contributed by atoms with E-state index in [1.54, 1.807) is 12.4 Å². The van der Waals surface area contributed by atoms with Gasteiger partial charge in [-0.15, -0.1) is 0 Å². The number of fused-ring (bicyclic) bond motifs is 1. The van der Waals surface area contributed by atoms with Gasteiger partial charge in [-0.1, -0.05) is 36.4 Å². The zero-order valence-corrected chi connectivity index (χ0v) is 9.91. The quantitative estimate of drug-likeness (QED) is 0.645. The number of aromatic nitrogens is 1. The summed E-state index contributed by atoms with van der Waals surface area (Å²) in [5.74, 6) is 0.0103. The van der Waals surface area contributed by atoms with Crippen LogP contribution in [-0.4, -0.2) is 16.8 Å². The van der Waals surface area contributed by atoms with Crippen LogP contribution in [0.25, 0.3) is 10.8 Å². The molecule has 1 aliphatic rings. The van der Waals surface area contributed by atoms with E-state index in [0.717, 1.165) is 10.8 Å². The van der Waals surface area contributed by atoms with E-state index in [2.05, 4.69) is 4.98 Å². The van der Waals surface area contributed by atoms with Crippen LogP contribution in [0.2, 0.25) is 0 Å². The second kappa shape index (κ2) is 4.35. The van der Waals surface area contributed by atoms with E-state index in [9.17, 15) is 4.79 Å². The summed E-state index contributed by atoms with van der Waals surface area (Å²) in [5.41, 5.74) is 6.49. The Morgan fingerprint density at radius 1 is 1.22 bits per heavy atom. The molecule has 0 amide bonds. The molecule has 0 radical (unpaired) electrons. The highest BCUT2D eigenvalue weighted by Crippen LogP contribution is 2.25. The molecule has 0 aliphatic heterocycles. The minimum absolute atomic E-state index is 0.00175. The Bertz CT molecular complexity index is 628. The largest absolute Gasteiger partial charge is 0.324 e. The third-order valence-electron chi connectivity index (χ3n) is 3.39. The summed E-state index contributed by atoms with van der Waals surface area (Å²) >= 11 is 0. The number of nitrogens with zero attached hydrogens (tertiary/aromatic N) is 1. The lowest BCUT2D eigenvalue weighted by Crippen LogP contribution is -2.19. The normalized spacial score (nSPS) is 22.5. The van der Waals surface area contributed by atoms with Gasteiger partial charge in [-0.05, 0) is 11.8 Å². The number of ketones is 1. The Morgan fingerprint density at radius 2 is 2.06 bits per heavy atom. The number of carbonyl (C=O) groups excluding carboxylic acids is 1. The van der Waals surface area contributed by atoms with Crippen molar-refractivity contribution in [2.45, 2.75) is 12.5 Å². The molecule has 90 valence electrons. The first kappa shape index (κ1) is 11.1. The number of benzene rings is 1. The number of rotatable bonds is 2. The van der Waals surface area contributed by atoms with Gasteiger partial charge in [0.1, 0.15) is 0 Å². The molecule has 3 nitrogen and oxygen atoms in total.